The van der Waals surface area contributed by atoms with E-state index in [0.29, 0.717) is 0 Å². The van der Waals surface area contributed by atoms with Crippen molar-refractivity contribution in [1.29, 1.82) is 0 Å². The Kier molecular flexibility index (Phi) is 7.60. The van der Waals surface area contributed by atoms with Crippen LogP contribution in [0.4, 0.5) is 0 Å². The van der Waals surface area contributed by atoms with Crippen LogP contribution in [0, 0.1) is 0 Å². The molecule has 11 aromatic rings. The van der Waals surface area contributed by atoms with Gasteiger partial charge in [0.05, 0.1) is 0 Å². The molecule has 0 saturated carbocycles. The van der Waals surface area contributed by atoms with Crippen molar-refractivity contribution in [3.63, 3.8) is 0 Å². The molecular weight excluding hydrogens is 673 g/mol. The number of benzene rings is 11. The smallest absolute Gasteiger partial charge is 0.00261 e. The zero-order chi connectivity index (χ0) is 37.0. The van der Waals surface area contributed by atoms with Gasteiger partial charge in [0.15, 0.2) is 0 Å². The maximum absolute atomic E-state index is 2.44. The standard InChI is InChI=1S/C56H36/c1-3-15-37(16-4-1)44-33-34-45(38-27-29-39(30-28-38)53-35-41-19-7-8-20-43(41)46-21-9-10-22-47(46)53)54-36-42(31-32-48(44)54)56-51-25-13-11-23-49(51)55(40-17-5-2-6-18-40)50-24-12-14-26-52(50)56/h1-36H. The van der Waals surface area contributed by atoms with Gasteiger partial charge in [0.1, 0.15) is 0 Å². The van der Waals surface area contributed by atoms with Crippen molar-refractivity contribution in [3.05, 3.63) is 218 Å². The summed E-state index contributed by atoms with van der Waals surface area (Å²) in [5, 5.41) is 12.7. The molecule has 0 bridgehead atoms. The summed E-state index contributed by atoms with van der Waals surface area (Å²) in [5.74, 6) is 0. The van der Waals surface area contributed by atoms with E-state index >= 15 is 0 Å². The first kappa shape index (κ1) is 32.2. The normalized spacial score (nSPS) is 11.6. The number of hydrogen-bond acceptors (Lipinski definition) is 0. The second-order valence-corrected chi connectivity index (χ2v) is 14.8. The van der Waals surface area contributed by atoms with Gasteiger partial charge < -0.3 is 0 Å². The summed E-state index contributed by atoms with van der Waals surface area (Å²) < 4.78 is 0. The predicted octanol–water partition coefficient (Wildman–Crippen LogP) is 15.8. The number of fused-ring (bicyclic) bond motifs is 6. The average molecular weight is 709 g/mol. The Hall–Kier alpha value is -7.28. The Morgan fingerprint density at radius 1 is 0.179 bits per heavy atom. The minimum absolute atomic E-state index is 1.20. The van der Waals surface area contributed by atoms with Crippen LogP contribution < -0.4 is 0 Å². The lowest BCUT2D eigenvalue weighted by Gasteiger charge is -2.19. The molecule has 260 valence electrons. The summed E-state index contributed by atoms with van der Waals surface area (Å²) in [6.45, 7) is 0. The van der Waals surface area contributed by atoms with Gasteiger partial charge in [-0.05, 0) is 122 Å². The van der Waals surface area contributed by atoms with Gasteiger partial charge in [-0.15, -0.1) is 0 Å². The number of hydrogen-bond donors (Lipinski definition) is 0. The third kappa shape index (κ3) is 5.22. The Balaban J connectivity index is 1.13. The summed E-state index contributed by atoms with van der Waals surface area (Å²) in [6.07, 6.45) is 0. The predicted molar refractivity (Wildman–Crippen MR) is 241 cm³/mol. The topological polar surface area (TPSA) is 0 Å². The fourth-order valence-electron chi connectivity index (χ4n) is 9.10. The maximum Gasteiger partial charge on any atom is -0.00261 e. The van der Waals surface area contributed by atoms with Crippen molar-refractivity contribution < 1.29 is 0 Å². The third-order valence-electron chi connectivity index (χ3n) is 11.7. The molecule has 0 N–H and O–H groups in total. The minimum Gasteiger partial charge on any atom is -0.0622 e. The largest absolute Gasteiger partial charge is 0.0622 e. The van der Waals surface area contributed by atoms with E-state index < -0.39 is 0 Å². The van der Waals surface area contributed by atoms with Crippen LogP contribution in [0.3, 0.4) is 0 Å². The van der Waals surface area contributed by atoms with Crippen molar-refractivity contribution in [2.24, 2.45) is 0 Å². The van der Waals surface area contributed by atoms with Crippen LogP contribution in [-0.2, 0) is 0 Å². The Morgan fingerprint density at radius 2 is 0.571 bits per heavy atom. The fraction of sp³-hybridized carbons (Fsp3) is 0. The first-order chi connectivity index (χ1) is 27.8. The molecule has 0 aliphatic heterocycles. The molecule has 0 heteroatoms. The van der Waals surface area contributed by atoms with Crippen LogP contribution in [0.1, 0.15) is 0 Å². The molecule has 0 aromatic heterocycles. The van der Waals surface area contributed by atoms with Gasteiger partial charge in [-0.3, -0.25) is 0 Å². The molecule has 0 saturated heterocycles. The molecule has 0 aliphatic carbocycles. The van der Waals surface area contributed by atoms with E-state index in [0.717, 1.165) is 0 Å². The Labute approximate surface area is 326 Å². The summed E-state index contributed by atoms with van der Waals surface area (Å²) in [4.78, 5) is 0. The van der Waals surface area contributed by atoms with Crippen molar-refractivity contribution in [3.8, 4) is 55.6 Å². The van der Waals surface area contributed by atoms with Crippen molar-refractivity contribution in [1.82, 2.24) is 0 Å². The zero-order valence-corrected chi connectivity index (χ0v) is 30.8. The lowest BCUT2D eigenvalue weighted by molar-refractivity contribution is 1.61. The lowest BCUT2D eigenvalue weighted by atomic mass is 9.84. The van der Waals surface area contributed by atoms with E-state index in [4.69, 9.17) is 0 Å². The van der Waals surface area contributed by atoms with Crippen molar-refractivity contribution in [2.45, 2.75) is 0 Å². The van der Waals surface area contributed by atoms with Gasteiger partial charge in [-0.25, -0.2) is 0 Å². The molecule has 0 heterocycles. The van der Waals surface area contributed by atoms with Gasteiger partial charge in [-0.2, -0.15) is 0 Å². The monoisotopic (exact) mass is 708 g/mol. The molecule has 0 nitrogen and oxygen atoms in total. The maximum atomic E-state index is 2.44. The van der Waals surface area contributed by atoms with Crippen LogP contribution >= 0.6 is 0 Å². The highest BCUT2D eigenvalue weighted by Gasteiger charge is 2.18. The van der Waals surface area contributed by atoms with E-state index in [1.807, 2.05) is 0 Å². The van der Waals surface area contributed by atoms with Crippen LogP contribution in [0.5, 0.6) is 0 Å². The molecule has 11 aromatic carbocycles. The fourth-order valence-corrected chi connectivity index (χ4v) is 9.10. The van der Waals surface area contributed by atoms with E-state index in [9.17, 15) is 0 Å². The van der Waals surface area contributed by atoms with Crippen molar-refractivity contribution >= 4 is 53.9 Å². The average Bonchev–Trinajstić information content (AvgIpc) is 3.28. The summed E-state index contributed by atoms with van der Waals surface area (Å²) in [5.41, 5.74) is 12.4. The van der Waals surface area contributed by atoms with Gasteiger partial charge in [-0.1, -0.05) is 206 Å². The Morgan fingerprint density at radius 3 is 1.18 bits per heavy atom. The molecule has 0 radical (unpaired) electrons. The molecule has 11 rings (SSSR count). The number of rotatable bonds is 5. The van der Waals surface area contributed by atoms with Crippen LogP contribution in [0.2, 0.25) is 0 Å². The van der Waals surface area contributed by atoms with Gasteiger partial charge in [0.25, 0.3) is 0 Å². The summed E-state index contributed by atoms with van der Waals surface area (Å²) in [6, 6.07) is 80.3. The second kappa shape index (κ2) is 13.2. The van der Waals surface area contributed by atoms with Gasteiger partial charge >= 0.3 is 0 Å². The highest BCUT2D eigenvalue weighted by atomic mass is 14.2. The quantitative estimate of drug-likeness (QED) is 0.123. The minimum atomic E-state index is 1.20. The molecule has 0 aliphatic rings. The van der Waals surface area contributed by atoms with Crippen LogP contribution in [0.15, 0.2) is 218 Å². The molecule has 56 heavy (non-hydrogen) atoms. The van der Waals surface area contributed by atoms with Crippen LogP contribution in [-0.4, -0.2) is 0 Å². The zero-order valence-electron chi connectivity index (χ0n) is 30.8. The molecule has 0 fully saturated rings. The molecular formula is C56H36. The first-order valence-electron chi connectivity index (χ1n) is 19.4. The first-order valence-corrected chi connectivity index (χ1v) is 19.4. The van der Waals surface area contributed by atoms with E-state index in [1.54, 1.807) is 0 Å². The summed E-state index contributed by atoms with van der Waals surface area (Å²) >= 11 is 0. The van der Waals surface area contributed by atoms with E-state index in [2.05, 4.69) is 218 Å². The lowest BCUT2D eigenvalue weighted by Crippen LogP contribution is -1.92. The van der Waals surface area contributed by atoms with Gasteiger partial charge in [0.2, 0.25) is 0 Å². The highest BCUT2D eigenvalue weighted by Crippen LogP contribution is 2.46. The van der Waals surface area contributed by atoms with E-state index in [1.165, 1.54) is 109 Å². The van der Waals surface area contributed by atoms with E-state index in [-0.39, 0.29) is 0 Å². The van der Waals surface area contributed by atoms with Crippen LogP contribution in [0.25, 0.3) is 109 Å². The molecule has 0 spiro atoms. The molecule has 0 unspecified atom stereocenters. The Bertz CT molecular complexity index is 3210. The third-order valence-corrected chi connectivity index (χ3v) is 11.7. The molecule has 0 amide bonds. The highest BCUT2D eigenvalue weighted by molar-refractivity contribution is 6.22. The van der Waals surface area contributed by atoms with Gasteiger partial charge in [0, 0.05) is 0 Å². The second-order valence-electron chi connectivity index (χ2n) is 14.8. The summed E-state index contributed by atoms with van der Waals surface area (Å²) in [7, 11) is 0. The SMILES string of the molecule is c1ccc(-c2ccc(-c3ccc(-c4cc5ccccc5c5ccccc45)cc3)c3cc(-c4c5ccccc5c(-c5ccccc5)c5ccccc45)ccc23)cc1. The molecule has 0 atom stereocenters. The van der Waals surface area contributed by atoms with Crippen molar-refractivity contribution in [2.75, 3.05) is 0 Å².